The number of amides is 1. The summed E-state index contributed by atoms with van der Waals surface area (Å²) in [5, 5.41) is 5.87. The fourth-order valence-electron chi connectivity index (χ4n) is 2.30. The van der Waals surface area contributed by atoms with Crippen LogP contribution in [0.1, 0.15) is 6.92 Å². The number of piperazine rings is 1. The molecule has 18 heavy (non-hydrogen) atoms. The van der Waals surface area contributed by atoms with Gasteiger partial charge in [-0.2, -0.15) is 0 Å². The van der Waals surface area contributed by atoms with Crippen molar-refractivity contribution < 1.29 is 9.18 Å². The molecule has 98 valence electrons. The highest BCUT2D eigenvalue weighted by Crippen LogP contribution is 2.23. The lowest BCUT2D eigenvalue weighted by atomic mass is 10.1. The number of hydrogen-bond acceptors (Lipinski definition) is 3. The molecular formula is C13H18FN3O. The number of nitrogens with zero attached hydrogens (tertiary/aromatic N) is 1. The largest absolute Gasteiger partial charge is 0.354 e. The Hall–Kier alpha value is -1.62. The van der Waals surface area contributed by atoms with Crippen molar-refractivity contribution in [3.05, 3.63) is 30.1 Å². The molecule has 1 saturated heterocycles. The highest BCUT2D eigenvalue weighted by Gasteiger charge is 2.33. The second-order valence-electron chi connectivity index (χ2n) is 4.59. The molecule has 0 spiro atoms. The zero-order valence-corrected chi connectivity index (χ0v) is 10.6. The number of likely N-dealkylation sites (N-methyl/N-ethyl adjacent to an activating group) is 1. The van der Waals surface area contributed by atoms with Crippen LogP contribution in [-0.4, -0.2) is 38.1 Å². The van der Waals surface area contributed by atoms with Gasteiger partial charge in [-0.25, -0.2) is 4.39 Å². The average Bonchev–Trinajstić information content (AvgIpc) is 2.33. The van der Waals surface area contributed by atoms with Gasteiger partial charge < -0.3 is 15.5 Å². The lowest BCUT2D eigenvalue weighted by Gasteiger charge is -2.39. The second-order valence-corrected chi connectivity index (χ2v) is 4.59. The third-order valence-electron chi connectivity index (χ3n) is 3.10. The van der Waals surface area contributed by atoms with Crippen LogP contribution in [0.15, 0.2) is 24.3 Å². The number of anilines is 1. The van der Waals surface area contributed by atoms with E-state index in [-0.39, 0.29) is 23.8 Å². The first-order chi connectivity index (χ1) is 8.63. The maximum atomic E-state index is 13.8. The normalized spacial score (nSPS) is 23.9. The second kappa shape index (κ2) is 5.35. The maximum Gasteiger partial charge on any atom is 0.244 e. The van der Waals surface area contributed by atoms with Gasteiger partial charge in [0.25, 0.3) is 0 Å². The van der Waals surface area contributed by atoms with Crippen LogP contribution in [0.5, 0.6) is 0 Å². The zero-order chi connectivity index (χ0) is 13.1. The molecule has 2 N–H and O–H groups in total. The van der Waals surface area contributed by atoms with Crippen LogP contribution in [0.25, 0.3) is 0 Å². The van der Waals surface area contributed by atoms with E-state index in [1.165, 1.54) is 6.07 Å². The Morgan fingerprint density at radius 1 is 1.50 bits per heavy atom. The molecule has 1 aromatic rings. The van der Waals surface area contributed by atoms with E-state index < -0.39 is 0 Å². The first-order valence-electron chi connectivity index (χ1n) is 6.09. The van der Waals surface area contributed by atoms with E-state index in [0.717, 1.165) is 0 Å². The lowest BCUT2D eigenvalue weighted by Crippen LogP contribution is -2.62. The number of carbonyl (C=O) groups is 1. The van der Waals surface area contributed by atoms with Crippen molar-refractivity contribution in [2.24, 2.45) is 0 Å². The number of benzene rings is 1. The summed E-state index contributed by atoms with van der Waals surface area (Å²) in [5.74, 6) is -0.355. The van der Waals surface area contributed by atoms with E-state index in [1.807, 2.05) is 11.8 Å². The minimum absolute atomic E-state index is 0.0187. The summed E-state index contributed by atoms with van der Waals surface area (Å²) in [5.41, 5.74) is 0.486. The molecule has 1 amide bonds. The Kier molecular flexibility index (Phi) is 3.81. The topological polar surface area (TPSA) is 44.4 Å². The Morgan fingerprint density at radius 3 is 2.89 bits per heavy atom. The Morgan fingerprint density at radius 2 is 2.22 bits per heavy atom. The van der Waals surface area contributed by atoms with Crippen LogP contribution < -0.4 is 15.5 Å². The Labute approximate surface area is 106 Å². The zero-order valence-electron chi connectivity index (χ0n) is 10.6. The van der Waals surface area contributed by atoms with Gasteiger partial charge in [0, 0.05) is 19.1 Å². The van der Waals surface area contributed by atoms with Crippen LogP contribution in [-0.2, 0) is 4.79 Å². The highest BCUT2D eigenvalue weighted by molar-refractivity contribution is 5.87. The molecule has 2 unspecified atom stereocenters. The molecule has 0 bridgehead atoms. The van der Waals surface area contributed by atoms with Crippen LogP contribution in [0.3, 0.4) is 0 Å². The third-order valence-corrected chi connectivity index (χ3v) is 3.10. The molecule has 1 aliphatic heterocycles. The third kappa shape index (κ3) is 2.46. The summed E-state index contributed by atoms with van der Waals surface area (Å²) < 4.78 is 13.8. The van der Waals surface area contributed by atoms with Crippen molar-refractivity contribution in [1.29, 1.82) is 0 Å². The fourth-order valence-corrected chi connectivity index (χ4v) is 2.30. The molecule has 4 nitrogen and oxygen atoms in total. The minimum atomic E-state index is -0.372. The molecule has 2 atom stereocenters. The maximum absolute atomic E-state index is 13.8. The monoisotopic (exact) mass is 251 g/mol. The van der Waals surface area contributed by atoms with E-state index in [1.54, 1.807) is 25.2 Å². The number of carbonyl (C=O) groups excluding carboxylic acids is 1. The fraction of sp³-hybridized carbons (Fsp3) is 0.462. The molecule has 2 rings (SSSR count). The van der Waals surface area contributed by atoms with Gasteiger partial charge in [-0.3, -0.25) is 4.79 Å². The van der Waals surface area contributed by atoms with E-state index in [0.29, 0.717) is 18.8 Å². The number of rotatable bonds is 3. The van der Waals surface area contributed by atoms with Crippen LogP contribution in [0.2, 0.25) is 0 Å². The van der Waals surface area contributed by atoms with E-state index in [4.69, 9.17) is 0 Å². The van der Waals surface area contributed by atoms with Crippen molar-refractivity contribution >= 4 is 11.6 Å². The summed E-state index contributed by atoms with van der Waals surface area (Å²) in [4.78, 5) is 13.8. The first kappa shape index (κ1) is 12.8. The smallest absolute Gasteiger partial charge is 0.244 e. The highest BCUT2D eigenvalue weighted by atomic mass is 19.1. The molecule has 0 aromatic heterocycles. The Bertz CT molecular complexity index is 438. The molecule has 1 aromatic carbocycles. The summed E-state index contributed by atoms with van der Waals surface area (Å²) >= 11 is 0. The molecule has 0 radical (unpaired) electrons. The van der Waals surface area contributed by atoms with Gasteiger partial charge in [0.05, 0.1) is 5.69 Å². The van der Waals surface area contributed by atoms with Crippen LogP contribution >= 0.6 is 0 Å². The summed E-state index contributed by atoms with van der Waals surface area (Å²) in [7, 11) is 1.78. The van der Waals surface area contributed by atoms with Gasteiger partial charge in [0.2, 0.25) is 5.91 Å². The predicted molar refractivity (Wildman–Crippen MR) is 69.1 cm³/mol. The molecule has 5 heteroatoms. The first-order valence-corrected chi connectivity index (χ1v) is 6.09. The van der Waals surface area contributed by atoms with Gasteiger partial charge >= 0.3 is 0 Å². The van der Waals surface area contributed by atoms with E-state index in [9.17, 15) is 9.18 Å². The van der Waals surface area contributed by atoms with Crippen LogP contribution in [0.4, 0.5) is 10.1 Å². The minimum Gasteiger partial charge on any atom is -0.354 e. The van der Waals surface area contributed by atoms with Crippen LogP contribution in [0, 0.1) is 5.82 Å². The molecular weight excluding hydrogens is 233 g/mol. The summed E-state index contributed by atoms with van der Waals surface area (Å²) in [6, 6.07) is 6.21. The van der Waals surface area contributed by atoms with Gasteiger partial charge in [0.15, 0.2) is 0 Å². The van der Waals surface area contributed by atoms with Crippen molar-refractivity contribution in [1.82, 2.24) is 10.6 Å². The summed E-state index contributed by atoms with van der Waals surface area (Å²) in [6.45, 7) is 3.02. The van der Waals surface area contributed by atoms with Crippen molar-refractivity contribution in [2.75, 3.05) is 25.0 Å². The molecule has 1 fully saturated rings. The molecule has 0 aliphatic carbocycles. The quantitative estimate of drug-likeness (QED) is 0.833. The molecule has 1 aliphatic rings. The van der Waals surface area contributed by atoms with Gasteiger partial charge in [-0.1, -0.05) is 12.1 Å². The lowest BCUT2D eigenvalue weighted by molar-refractivity contribution is -0.124. The van der Waals surface area contributed by atoms with Crippen molar-refractivity contribution in [3.63, 3.8) is 0 Å². The standard InChI is InChI=1S/C13H18FN3O/c1-9-8-17(11-6-4-3-5-10(11)14)12(7-15-2)13(18)16-9/h3-6,9,12,15H,7-8H2,1-2H3,(H,16,18). The van der Waals surface area contributed by atoms with E-state index >= 15 is 0 Å². The molecule has 0 saturated carbocycles. The number of nitrogens with one attached hydrogen (secondary N) is 2. The summed E-state index contributed by atoms with van der Waals surface area (Å²) in [6.07, 6.45) is 0. The number of halogens is 1. The number of para-hydroxylation sites is 1. The number of hydrogen-bond donors (Lipinski definition) is 2. The average molecular weight is 251 g/mol. The molecule has 1 heterocycles. The Balaban J connectivity index is 2.32. The van der Waals surface area contributed by atoms with E-state index in [2.05, 4.69) is 10.6 Å². The predicted octanol–water partition coefficient (Wildman–Crippen LogP) is 0.738. The SMILES string of the molecule is CNCC1C(=O)NC(C)CN1c1ccccc1F. The van der Waals surface area contributed by atoms with Crippen molar-refractivity contribution in [2.45, 2.75) is 19.0 Å². The van der Waals surface area contributed by atoms with Gasteiger partial charge in [0.1, 0.15) is 11.9 Å². The van der Waals surface area contributed by atoms with Crippen molar-refractivity contribution in [3.8, 4) is 0 Å². The van der Waals surface area contributed by atoms with Gasteiger partial charge in [-0.05, 0) is 26.1 Å². The van der Waals surface area contributed by atoms with Gasteiger partial charge in [-0.15, -0.1) is 0 Å².